The molecular weight excluding hydrogens is 218 g/mol. The zero-order chi connectivity index (χ0) is 11.8. The molecule has 0 spiro atoms. The van der Waals surface area contributed by atoms with Gasteiger partial charge in [-0.2, -0.15) is 0 Å². The minimum absolute atomic E-state index is 0.263. The Kier molecular flexibility index (Phi) is 6.47. The third-order valence-electron chi connectivity index (χ3n) is 3.14. The van der Waals surface area contributed by atoms with Crippen molar-refractivity contribution in [2.45, 2.75) is 51.3 Å². The van der Waals surface area contributed by atoms with Crippen molar-refractivity contribution >= 4 is 11.6 Å². The van der Waals surface area contributed by atoms with Gasteiger partial charge in [0, 0.05) is 17.8 Å². The Hall–Kier alpha value is -0.560. The van der Waals surface area contributed by atoms with Crippen LogP contribution in [0, 0.1) is 5.92 Å². The van der Waals surface area contributed by atoms with Gasteiger partial charge < -0.3 is 0 Å². The number of aromatic nitrogens is 1. The Morgan fingerprint density at radius 3 is 2.50 bits per heavy atom. The van der Waals surface area contributed by atoms with Crippen molar-refractivity contribution in [3.8, 4) is 0 Å². The number of halogens is 1. The maximum atomic E-state index is 6.50. The molecule has 0 radical (unpaired) electrons. The monoisotopic (exact) mass is 239 g/mol. The minimum Gasteiger partial charge on any atom is -0.265 e. The van der Waals surface area contributed by atoms with E-state index in [0.29, 0.717) is 5.92 Å². The summed E-state index contributed by atoms with van der Waals surface area (Å²) in [5.41, 5.74) is 1.30. The van der Waals surface area contributed by atoms with Crippen LogP contribution in [0.1, 0.15) is 45.1 Å². The van der Waals surface area contributed by atoms with Crippen LogP contribution in [-0.4, -0.2) is 10.4 Å². The van der Waals surface area contributed by atoms with Crippen LogP contribution in [0.4, 0.5) is 0 Å². The van der Waals surface area contributed by atoms with Gasteiger partial charge in [0.2, 0.25) is 0 Å². The van der Waals surface area contributed by atoms with Crippen LogP contribution in [0.25, 0.3) is 0 Å². The molecule has 1 rings (SSSR count). The summed E-state index contributed by atoms with van der Waals surface area (Å²) >= 11 is 6.50. The lowest BCUT2D eigenvalue weighted by Crippen LogP contribution is -2.17. The Labute approximate surface area is 104 Å². The summed E-state index contributed by atoms with van der Waals surface area (Å²) in [6.45, 7) is 4.47. The molecule has 2 unspecified atom stereocenters. The standard InChI is InChI=1S/C14H22ClN/c1-3-5-6-13(4-2)14(15)11-12-7-9-16-10-8-12/h7-10,13-14H,3-6,11H2,1-2H3. The molecule has 1 nitrogen and oxygen atoms in total. The lowest BCUT2D eigenvalue weighted by Gasteiger charge is -2.20. The van der Waals surface area contributed by atoms with Crippen LogP contribution in [0.5, 0.6) is 0 Å². The van der Waals surface area contributed by atoms with Gasteiger partial charge in [-0.3, -0.25) is 4.98 Å². The number of nitrogens with zero attached hydrogens (tertiary/aromatic N) is 1. The number of hydrogen-bond donors (Lipinski definition) is 0. The maximum Gasteiger partial charge on any atom is 0.0404 e. The first kappa shape index (κ1) is 13.5. The first-order chi connectivity index (χ1) is 7.77. The number of rotatable bonds is 7. The molecule has 16 heavy (non-hydrogen) atoms. The van der Waals surface area contributed by atoms with Crippen LogP contribution < -0.4 is 0 Å². The topological polar surface area (TPSA) is 12.9 Å². The Morgan fingerprint density at radius 2 is 1.94 bits per heavy atom. The van der Waals surface area contributed by atoms with Gasteiger partial charge in [-0.1, -0.05) is 33.1 Å². The van der Waals surface area contributed by atoms with E-state index in [1.54, 1.807) is 0 Å². The van der Waals surface area contributed by atoms with Crippen molar-refractivity contribution in [3.63, 3.8) is 0 Å². The fraction of sp³-hybridized carbons (Fsp3) is 0.643. The quantitative estimate of drug-likeness (QED) is 0.641. The van der Waals surface area contributed by atoms with Gasteiger partial charge in [0.15, 0.2) is 0 Å². The third-order valence-corrected chi connectivity index (χ3v) is 3.66. The summed E-state index contributed by atoms with van der Waals surface area (Å²) in [6, 6.07) is 4.11. The van der Waals surface area contributed by atoms with Crippen molar-refractivity contribution in [1.82, 2.24) is 4.98 Å². The predicted octanol–water partition coefficient (Wildman–Crippen LogP) is 4.45. The van der Waals surface area contributed by atoms with E-state index in [0.717, 1.165) is 6.42 Å². The summed E-state index contributed by atoms with van der Waals surface area (Å²) in [6.07, 6.45) is 9.63. The first-order valence-electron chi connectivity index (χ1n) is 6.30. The smallest absolute Gasteiger partial charge is 0.0404 e. The highest BCUT2D eigenvalue weighted by Gasteiger charge is 2.17. The second-order valence-corrected chi connectivity index (χ2v) is 4.95. The third kappa shape index (κ3) is 4.52. The molecule has 1 aromatic heterocycles. The van der Waals surface area contributed by atoms with Crippen LogP contribution in [-0.2, 0) is 6.42 Å². The van der Waals surface area contributed by atoms with Crippen molar-refractivity contribution in [3.05, 3.63) is 30.1 Å². The zero-order valence-electron chi connectivity index (χ0n) is 10.3. The first-order valence-corrected chi connectivity index (χ1v) is 6.74. The molecule has 1 heterocycles. The summed E-state index contributed by atoms with van der Waals surface area (Å²) in [5, 5.41) is 0.263. The highest BCUT2D eigenvalue weighted by atomic mass is 35.5. The van der Waals surface area contributed by atoms with E-state index in [4.69, 9.17) is 11.6 Å². The lowest BCUT2D eigenvalue weighted by atomic mass is 9.92. The Bertz CT molecular complexity index is 273. The average Bonchev–Trinajstić information content (AvgIpc) is 2.31. The van der Waals surface area contributed by atoms with Gasteiger partial charge in [-0.25, -0.2) is 0 Å². The molecule has 0 aromatic carbocycles. The van der Waals surface area contributed by atoms with Crippen LogP contribution in [0.15, 0.2) is 24.5 Å². The molecule has 0 bridgehead atoms. The van der Waals surface area contributed by atoms with Gasteiger partial charge >= 0.3 is 0 Å². The fourth-order valence-electron chi connectivity index (χ4n) is 2.02. The van der Waals surface area contributed by atoms with Gasteiger partial charge in [-0.15, -0.1) is 11.6 Å². The Morgan fingerprint density at radius 1 is 1.25 bits per heavy atom. The average molecular weight is 240 g/mol. The second-order valence-electron chi connectivity index (χ2n) is 4.39. The van der Waals surface area contributed by atoms with Gasteiger partial charge in [0.25, 0.3) is 0 Å². The summed E-state index contributed by atoms with van der Waals surface area (Å²) in [4.78, 5) is 4.02. The van der Waals surface area contributed by atoms with Gasteiger partial charge in [0.05, 0.1) is 0 Å². The largest absolute Gasteiger partial charge is 0.265 e. The van der Waals surface area contributed by atoms with E-state index >= 15 is 0 Å². The summed E-state index contributed by atoms with van der Waals surface area (Å²) in [5.74, 6) is 0.648. The van der Waals surface area contributed by atoms with E-state index in [1.807, 2.05) is 12.4 Å². The molecule has 0 aliphatic heterocycles. The van der Waals surface area contributed by atoms with Crippen LogP contribution in [0.2, 0.25) is 0 Å². The highest BCUT2D eigenvalue weighted by molar-refractivity contribution is 6.20. The molecule has 0 fully saturated rings. The summed E-state index contributed by atoms with van der Waals surface area (Å²) in [7, 11) is 0. The van der Waals surface area contributed by atoms with Crippen LogP contribution >= 0.6 is 11.6 Å². The van der Waals surface area contributed by atoms with Crippen molar-refractivity contribution in [1.29, 1.82) is 0 Å². The molecule has 0 aliphatic rings. The molecular formula is C14H22ClN. The highest BCUT2D eigenvalue weighted by Crippen LogP contribution is 2.24. The van der Waals surface area contributed by atoms with Gasteiger partial charge in [0.1, 0.15) is 0 Å². The van der Waals surface area contributed by atoms with E-state index < -0.39 is 0 Å². The molecule has 2 heteroatoms. The molecule has 2 atom stereocenters. The second kappa shape index (κ2) is 7.67. The maximum absolute atomic E-state index is 6.50. The van der Waals surface area contributed by atoms with E-state index in [-0.39, 0.29) is 5.38 Å². The predicted molar refractivity (Wildman–Crippen MR) is 70.9 cm³/mol. The molecule has 0 amide bonds. The molecule has 0 N–H and O–H groups in total. The van der Waals surface area contributed by atoms with Crippen molar-refractivity contribution in [2.24, 2.45) is 5.92 Å². The molecule has 0 aliphatic carbocycles. The van der Waals surface area contributed by atoms with E-state index in [2.05, 4.69) is 31.0 Å². The molecule has 90 valence electrons. The SMILES string of the molecule is CCCCC(CC)C(Cl)Cc1ccncc1. The molecule has 0 saturated heterocycles. The number of hydrogen-bond acceptors (Lipinski definition) is 1. The summed E-state index contributed by atoms with van der Waals surface area (Å²) < 4.78 is 0. The Balaban J connectivity index is 2.46. The lowest BCUT2D eigenvalue weighted by molar-refractivity contribution is 0.428. The van der Waals surface area contributed by atoms with Crippen molar-refractivity contribution in [2.75, 3.05) is 0 Å². The molecule has 0 saturated carbocycles. The normalized spacial score (nSPS) is 14.7. The molecule has 1 aromatic rings. The number of pyridine rings is 1. The van der Waals surface area contributed by atoms with E-state index in [9.17, 15) is 0 Å². The van der Waals surface area contributed by atoms with Crippen molar-refractivity contribution < 1.29 is 0 Å². The van der Waals surface area contributed by atoms with Gasteiger partial charge in [-0.05, 0) is 36.5 Å². The minimum atomic E-state index is 0.263. The number of unbranched alkanes of at least 4 members (excludes halogenated alkanes) is 1. The zero-order valence-corrected chi connectivity index (χ0v) is 11.1. The fourth-order valence-corrected chi connectivity index (χ4v) is 2.50. The van der Waals surface area contributed by atoms with Crippen LogP contribution in [0.3, 0.4) is 0 Å². The van der Waals surface area contributed by atoms with E-state index in [1.165, 1.54) is 31.2 Å². The number of alkyl halides is 1.